The lowest BCUT2D eigenvalue weighted by molar-refractivity contribution is 0.318. The predicted molar refractivity (Wildman–Crippen MR) is 81.2 cm³/mol. The van der Waals surface area contributed by atoms with Crippen molar-refractivity contribution in [3.63, 3.8) is 0 Å². The average molecular weight is 273 g/mol. The smallest absolute Gasteiger partial charge is 0.134 e. The summed E-state index contributed by atoms with van der Waals surface area (Å²) in [6, 6.07) is 6.85. The summed E-state index contributed by atoms with van der Waals surface area (Å²) in [7, 11) is 0. The highest BCUT2D eigenvalue weighted by molar-refractivity contribution is 5.83. The fourth-order valence-electron chi connectivity index (χ4n) is 2.54. The number of hydrogen-bond acceptors (Lipinski definition) is 3. The van der Waals surface area contributed by atoms with Gasteiger partial charge in [0.15, 0.2) is 0 Å². The van der Waals surface area contributed by atoms with E-state index in [0.29, 0.717) is 6.04 Å². The molecule has 0 amide bonds. The molecule has 2 aromatic rings. The van der Waals surface area contributed by atoms with Crippen LogP contribution < -0.4 is 10.1 Å². The van der Waals surface area contributed by atoms with Crippen molar-refractivity contribution in [1.29, 1.82) is 0 Å². The van der Waals surface area contributed by atoms with E-state index in [4.69, 9.17) is 9.15 Å². The zero-order valence-corrected chi connectivity index (χ0v) is 12.4. The molecule has 1 aliphatic rings. The van der Waals surface area contributed by atoms with Crippen molar-refractivity contribution in [1.82, 2.24) is 5.32 Å². The molecule has 1 aliphatic carbocycles. The predicted octanol–water partition coefficient (Wildman–Crippen LogP) is 4.04. The zero-order chi connectivity index (χ0) is 13.9. The maximum Gasteiger partial charge on any atom is 0.134 e. The summed E-state index contributed by atoms with van der Waals surface area (Å²) in [4.78, 5) is 0. The first-order valence-electron chi connectivity index (χ1n) is 7.72. The van der Waals surface area contributed by atoms with Gasteiger partial charge in [-0.3, -0.25) is 0 Å². The van der Waals surface area contributed by atoms with Crippen LogP contribution in [0.5, 0.6) is 5.75 Å². The van der Waals surface area contributed by atoms with Crippen molar-refractivity contribution >= 4 is 11.0 Å². The molecule has 1 saturated carbocycles. The van der Waals surface area contributed by atoms with Crippen LogP contribution >= 0.6 is 0 Å². The van der Waals surface area contributed by atoms with Crippen LogP contribution in [0, 0.1) is 0 Å². The first-order valence-corrected chi connectivity index (χ1v) is 7.72. The van der Waals surface area contributed by atoms with Crippen LogP contribution in [-0.4, -0.2) is 12.6 Å². The molecule has 20 heavy (non-hydrogen) atoms. The van der Waals surface area contributed by atoms with Gasteiger partial charge in [0.25, 0.3) is 0 Å². The Morgan fingerprint density at radius 3 is 2.85 bits per heavy atom. The van der Waals surface area contributed by atoms with Crippen molar-refractivity contribution in [3.05, 3.63) is 29.5 Å². The van der Waals surface area contributed by atoms with Gasteiger partial charge >= 0.3 is 0 Å². The average Bonchev–Trinajstić information content (AvgIpc) is 3.23. The second-order valence-corrected chi connectivity index (χ2v) is 5.52. The summed E-state index contributed by atoms with van der Waals surface area (Å²) in [5.41, 5.74) is 2.29. The fourth-order valence-corrected chi connectivity index (χ4v) is 2.54. The highest BCUT2D eigenvalue weighted by Crippen LogP contribution is 2.30. The number of fused-ring (bicyclic) bond motifs is 1. The van der Waals surface area contributed by atoms with Gasteiger partial charge in [-0.15, -0.1) is 0 Å². The van der Waals surface area contributed by atoms with Gasteiger partial charge in [0, 0.05) is 17.0 Å². The Morgan fingerprint density at radius 1 is 1.30 bits per heavy atom. The van der Waals surface area contributed by atoms with Crippen molar-refractivity contribution < 1.29 is 9.15 Å². The number of nitrogens with one attached hydrogen (secondary N) is 1. The number of aryl methyl sites for hydroxylation is 1. The second-order valence-electron chi connectivity index (χ2n) is 5.52. The highest BCUT2D eigenvalue weighted by Gasteiger charge is 2.22. The number of benzene rings is 1. The summed E-state index contributed by atoms with van der Waals surface area (Å²) in [5.74, 6) is 2.03. The second kappa shape index (κ2) is 5.88. The molecule has 0 bridgehead atoms. The lowest BCUT2D eigenvalue weighted by Gasteiger charge is -2.04. The largest absolute Gasteiger partial charge is 0.494 e. The monoisotopic (exact) mass is 273 g/mol. The van der Waals surface area contributed by atoms with E-state index in [0.717, 1.165) is 43.1 Å². The maximum absolute atomic E-state index is 6.01. The minimum absolute atomic E-state index is 0.705. The molecule has 3 heteroatoms. The van der Waals surface area contributed by atoms with E-state index in [1.54, 1.807) is 0 Å². The van der Waals surface area contributed by atoms with Crippen LogP contribution in [0.25, 0.3) is 11.0 Å². The molecule has 1 aromatic carbocycles. The Hall–Kier alpha value is -1.48. The third kappa shape index (κ3) is 2.83. The minimum atomic E-state index is 0.705. The van der Waals surface area contributed by atoms with Crippen molar-refractivity contribution in [2.45, 2.75) is 52.1 Å². The number of rotatable bonds is 7. The Balaban J connectivity index is 1.86. The number of hydrogen-bond donors (Lipinski definition) is 1. The standard InChI is InChI=1S/C17H23NO2/c1-3-9-19-13-7-8-16-15(10-13)14(4-2)17(20-16)11-18-12-5-6-12/h7-8,10,12,18H,3-6,9,11H2,1-2H3. The molecule has 1 heterocycles. The molecule has 3 nitrogen and oxygen atoms in total. The summed E-state index contributed by atoms with van der Waals surface area (Å²) >= 11 is 0. The molecule has 3 rings (SSSR count). The van der Waals surface area contributed by atoms with E-state index < -0.39 is 0 Å². The first kappa shape index (κ1) is 13.5. The molecular weight excluding hydrogens is 250 g/mol. The van der Waals surface area contributed by atoms with Gasteiger partial charge in [-0.25, -0.2) is 0 Å². The number of ether oxygens (including phenoxy) is 1. The zero-order valence-electron chi connectivity index (χ0n) is 12.4. The fraction of sp³-hybridized carbons (Fsp3) is 0.529. The van der Waals surface area contributed by atoms with Crippen LogP contribution in [-0.2, 0) is 13.0 Å². The molecule has 0 unspecified atom stereocenters. The molecular formula is C17H23NO2. The van der Waals surface area contributed by atoms with Crippen LogP contribution in [0.15, 0.2) is 22.6 Å². The lowest BCUT2D eigenvalue weighted by atomic mass is 10.1. The third-order valence-corrected chi connectivity index (χ3v) is 3.80. The van der Waals surface area contributed by atoms with Crippen LogP contribution in [0.3, 0.4) is 0 Å². The van der Waals surface area contributed by atoms with Gasteiger partial charge in [0.1, 0.15) is 17.1 Å². The molecule has 0 spiro atoms. The molecule has 1 N–H and O–H groups in total. The minimum Gasteiger partial charge on any atom is -0.494 e. The Morgan fingerprint density at radius 2 is 2.15 bits per heavy atom. The Labute approximate surface area is 120 Å². The van der Waals surface area contributed by atoms with Gasteiger partial charge < -0.3 is 14.5 Å². The molecule has 1 aromatic heterocycles. The van der Waals surface area contributed by atoms with Gasteiger partial charge in [-0.2, -0.15) is 0 Å². The Bertz CT molecular complexity index is 584. The SMILES string of the molecule is CCCOc1ccc2oc(CNC3CC3)c(CC)c2c1. The summed E-state index contributed by atoms with van der Waals surface area (Å²) in [6.45, 7) is 5.91. The van der Waals surface area contributed by atoms with E-state index in [1.807, 2.05) is 12.1 Å². The van der Waals surface area contributed by atoms with Crippen molar-refractivity contribution in [2.75, 3.05) is 6.61 Å². The van der Waals surface area contributed by atoms with Crippen LogP contribution in [0.2, 0.25) is 0 Å². The Kier molecular flexibility index (Phi) is 3.97. The molecule has 108 valence electrons. The molecule has 0 radical (unpaired) electrons. The molecule has 0 saturated heterocycles. The maximum atomic E-state index is 6.01. The third-order valence-electron chi connectivity index (χ3n) is 3.80. The van der Waals surface area contributed by atoms with E-state index in [1.165, 1.54) is 23.8 Å². The quantitative estimate of drug-likeness (QED) is 0.827. The summed E-state index contributed by atoms with van der Waals surface area (Å²) in [5, 5.41) is 4.73. The van der Waals surface area contributed by atoms with Gasteiger partial charge in [0.2, 0.25) is 0 Å². The van der Waals surface area contributed by atoms with Gasteiger partial charge in [-0.1, -0.05) is 13.8 Å². The van der Waals surface area contributed by atoms with Crippen LogP contribution in [0.4, 0.5) is 0 Å². The van der Waals surface area contributed by atoms with Crippen molar-refractivity contribution in [2.24, 2.45) is 0 Å². The lowest BCUT2D eigenvalue weighted by Crippen LogP contribution is -2.15. The van der Waals surface area contributed by atoms with Crippen LogP contribution in [0.1, 0.15) is 44.4 Å². The van der Waals surface area contributed by atoms with E-state index in [2.05, 4.69) is 25.2 Å². The van der Waals surface area contributed by atoms with Gasteiger partial charge in [0.05, 0.1) is 13.2 Å². The normalized spacial score (nSPS) is 14.9. The highest BCUT2D eigenvalue weighted by atomic mass is 16.5. The molecule has 0 aliphatic heterocycles. The topological polar surface area (TPSA) is 34.4 Å². The van der Waals surface area contributed by atoms with E-state index >= 15 is 0 Å². The molecule has 1 fully saturated rings. The first-order chi connectivity index (χ1) is 9.81. The van der Waals surface area contributed by atoms with E-state index in [-0.39, 0.29) is 0 Å². The number of furan rings is 1. The van der Waals surface area contributed by atoms with Crippen molar-refractivity contribution in [3.8, 4) is 5.75 Å². The van der Waals surface area contributed by atoms with E-state index in [9.17, 15) is 0 Å². The van der Waals surface area contributed by atoms with Gasteiger partial charge in [-0.05, 0) is 43.9 Å². The summed E-state index contributed by atoms with van der Waals surface area (Å²) in [6.07, 6.45) is 4.62. The summed E-state index contributed by atoms with van der Waals surface area (Å²) < 4.78 is 11.7. The molecule has 0 atom stereocenters.